The molecular formula is C11H9Br2NO3. The number of methoxy groups -OCH3 is 1. The molecule has 1 fully saturated rings. The number of rotatable bonds is 2. The molecule has 1 amide bonds. The van der Waals surface area contributed by atoms with E-state index in [9.17, 15) is 9.59 Å². The van der Waals surface area contributed by atoms with E-state index >= 15 is 0 Å². The SMILES string of the molecule is COc1cc(N2CC(=O)CC2=O)c(Br)cc1Br. The highest BCUT2D eigenvalue weighted by molar-refractivity contribution is 9.11. The Morgan fingerprint density at radius 3 is 2.47 bits per heavy atom. The quantitative estimate of drug-likeness (QED) is 0.759. The minimum Gasteiger partial charge on any atom is -0.495 e. The smallest absolute Gasteiger partial charge is 0.234 e. The second-order valence-electron chi connectivity index (χ2n) is 3.63. The first-order valence-corrected chi connectivity index (χ1v) is 6.46. The average molecular weight is 363 g/mol. The number of amides is 1. The molecule has 0 radical (unpaired) electrons. The molecule has 0 atom stereocenters. The lowest BCUT2D eigenvalue weighted by atomic mass is 10.3. The summed E-state index contributed by atoms with van der Waals surface area (Å²) in [5.41, 5.74) is 0.654. The Kier molecular flexibility index (Phi) is 3.53. The van der Waals surface area contributed by atoms with E-state index in [1.807, 2.05) is 0 Å². The van der Waals surface area contributed by atoms with Crippen LogP contribution in [0.4, 0.5) is 5.69 Å². The van der Waals surface area contributed by atoms with Crippen molar-refractivity contribution in [2.45, 2.75) is 6.42 Å². The van der Waals surface area contributed by atoms with Crippen molar-refractivity contribution in [2.75, 3.05) is 18.6 Å². The fraction of sp³-hybridized carbons (Fsp3) is 0.273. The zero-order valence-electron chi connectivity index (χ0n) is 9.00. The molecule has 0 aromatic heterocycles. The Morgan fingerprint density at radius 2 is 1.94 bits per heavy atom. The van der Waals surface area contributed by atoms with Gasteiger partial charge in [-0.05, 0) is 37.9 Å². The van der Waals surface area contributed by atoms with Crippen molar-refractivity contribution in [3.8, 4) is 5.75 Å². The van der Waals surface area contributed by atoms with Gasteiger partial charge in [0.25, 0.3) is 0 Å². The molecule has 1 aliphatic rings. The van der Waals surface area contributed by atoms with E-state index in [2.05, 4.69) is 31.9 Å². The van der Waals surface area contributed by atoms with Crippen LogP contribution in [0, 0.1) is 0 Å². The maximum atomic E-state index is 11.7. The summed E-state index contributed by atoms with van der Waals surface area (Å²) in [7, 11) is 1.55. The zero-order chi connectivity index (χ0) is 12.6. The van der Waals surface area contributed by atoms with Crippen molar-refractivity contribution >= 4 is 49.2 Å². The highest BCUT2D eigenvalue weighted by Crippen LogP contribution is 2.37. The minimum absolute atomic E-state index is 0.0230. The monoisotopic (exact) mass is 361 g/mol. The standard InChI is InChI=1S/C11H9Br2NO3/c1-17-10-4-9(7(12)3-8(10)13)14-5-6(15)2-11(14)16/h3-4H,2,5H2,1H3. The largest absolute Gasteiger partial charge is 0.495 e. The number of hydrogen-bond acceptors (Lipinski definition) is 3. The zero-order valence-corrected chi connectivity index (χ0v) is 12.2. The number of carbonyl (C=O) groups is 2. The first-order chi connectivity index (χ1) is 8.02. The van der Waals surface area contributed by atoms with Gasteiger partial charge in [0, 0.05) is 10.5 Å². The highest BCUT2D eigenvalue weighted by Gasteiger charge is 2.30. The van der Waals surface area contributed by atoms with Gasteiger partial charge in [-0.15, -0.1) is 0 Å². The van der Waals surface area contributed by atoms with Crippen molar-refractivity contribution in [3.05, 3.63) is 21.1 Å². The molecule has 6 heteroatoms. The number of ketones is 1. The van der Waals surface area contributed by atoms with Crippen LogP contribution in [-0.2, 0) is 9.59 Å². The van der Waals surface area contributed by atoms with Crippen molar-refractivity contribution < 1.29 is 14.3 Å². The maximum absolute atomic E-state index is 11.7. The van der Waals surface area contributed by atoms with Gasteiger partial charge in [0.05, 0.1) is 30.2 Å². The third kappa shape index (κ3) is 2.37. The normalized spacial score (nSPS) is 15.6. The van der Waals surface area contributed by atoms with Gasteiger partial charge in [-0.2, -0.15) is 0 Å². The fourth-order valence-corrected chi connectivity index (χ4v) is 3.06. The van der Waals surface area contributed by atoms with Crippen molar-refractivity contribution in [3.63, 3.8) is 0 Å². The van der Waals surface area contributed by atoms with Crippen LogP contribution < -0.4 is 9.64 Å². The van der Waals surface area contributed by atoms with Gasteiger partial charge in [0.15, 0.2) is 5.78 Å². The molecule has 4 nitrogen and oxygen atoms in total. The van der Waals surface area contributed by atoms with E-state index < -0.39 is 0 Å². The third-order valence-electron chi connectivity index (χ3n) is 2.50. The van der Waals surface area contributed by atoms with E-state index in [0.717, 1.165) is 8.95 Å². The Balaban J connectivity index is 2.45. The predicted octanol–water partition coefficient (Wildman–Crippen LogP) is 2.53. The summed E-state index contributed by atoms with van der Waals surface area (Å²) in [4.78, 5) is 24.4. The number of nitrogens with zero attached hydrogens (tertiary/aromatic N) is 1. The van der Waals surface area contributed by atoms with Gasteiger partial charge in [0.1, 0.15) is 5.75 Å². The van der Waals surface area contributed by atoms with E-state index in [-0.39, 0.29) is 24.7 Å². The van der Waals surface area contributed by atoms with Crippen LogP contribution in [0.25, 0.3) is 0 Å². The summed E-state index contributed by atoms with van der Waals surface area (Å²) < 4.78 is 6.70. The van der Waals surface area contributed by atoms with Crippen molar-refractivity contribution in [2.24, 2.45) is 0 Å². The first kappa shape index (κ1) is 12.6. The third-order valence-corrected chi connectivity index (χ3v) is 3.75. The summed E-state index contributed by atoms with van der Waals surface area (Å²) in [6, 6.07) is 3.52. The van der Waals surface area contributed by atoms with Gasteiger partial charge >= 0.3 is 0 Å². The molecule has 2 rings (SSSR count). The summed E-state index contributed by atoms with van der Waals surface area (Å²) >= 11 is 6.73. The Morgan fingerprint density at radius 1 is 1.24 bits per heavy atom. The first-order valence-electron chi connectivity index (χ1n) is 4.88. The molecule has 17 heavy (non-hydrogen) atoms. The highest BCUT2D eigenvalue weighted by atomic mass is 79.9. The van der Waals surface area contributed by atoms with Crippen LogP contribution in [0.3, 0.4) is 0 Å². The topological polar surface area (TPSA) is 46.6 Å². The molecule has 0 aliphatic carbocycles. The lowest BCUT2D eigenvalue weighted by Crippen LogP contribution is -2.24. The molecule has 1 saturated heterocycles. The van der Waals surface area contributed by atoms with Crippen molar-refractivity contribution in [1.82, 2.24) is 0 Å². The molecule has 0 unspecified atom stereocenters. The van der Waals surface area contributed by atoms with Crippen LogP contribution in [0.5, 0.6) is 5.75 Å². The molecule has 0 bridgehead atoms. The number of carbonyl (C=O) groups excluding carboxylic acids is 2. The lowest BCUT2D eigenvalue weighted by molar-refractivity contribution is -0.121. The fourth-order valence-electron chi connectivity index (χ4n) is 1.69. The van der Waals surface area contributed by atoms with Crippen LogP contribution in [-0.4, -0.2) is 25.3 Å². The summed E-state index contributed by atoms with van der Waals surface area (Å²) in [6.45, 7) is 0.127. The lowest BCUT2D eigenvalue weighted by Gasteiger charge is -2.18. The Labute approximate surface area is 115 Å². The molecule has 1 aromatic carbocycles. The number of ether oxygens (including phenoxy) is 1. The number of benzene rings is 1. The van der Waals surface area contributed by atoms with Crippen LogP contribution >= 0.6 is 31.9 Å². The number of anilines is 1. The second kappa shape index (κ2) is 4.78. The average Bonchev–Trinajstić information content (AvgIpc) is 2.58. The molecule has 0 N–H and O–H groups in total. The van der Waals surface area contributed by atoms with Crippen LogP contribution in [0.15, 0.2) is 21.1 Å². The van der Waals surface area contributed by atoms with E-state index in [0.29, 0.717) is 11.4 Å². The second-order valence-corrected chi connectivity index (χ2v) is 5.34. The van der Waals surface area contributed by atoms with Gasteiger partial charge in [-0.25, -0.2) is 0 Å². The molecule has 90 valence electrons. The molecule has 1 aromatic rings. The molecule has 1 aliphatic heterocycles. The van der Waals surface area contributed by atoms with Gasteiger partial charge in [-0.3, -0.25) is 9.59 Å². The number of Topliss-reactive ketones (excluding diaryl/α,β-unsaturated/α-hetero) is 1. The van der Waals surface area contributed by atoms with E-state index in [4.69, 9.17) is 4.74 Å². The Hall–Kier alpha value is -0.880. The van der Waals surface area contributed by atoms with E-state index in [1.54, 1.807) is 19.2 Å². The summed E-state index contributed by atoms with van der Waals surface area (Å²) in [5, 5.41) is 0. The molecular weight excluding hydrogens is 354 g/mol. The van der Waals surface area contributed by atoms with Gasteiger partial charge in [0.2, 0.25) is 5.91 Å². The van der Waals surface area contributed by atoms with E-state index in [1.165, 1.54) is 4.90 Å². The van der Waals surface area contributed by atoms with Crippen LogP contribution in [0.1, 0.15) is 6.42 Å². The molecule has 0 spiro atoms. The summed E-state index contributed by atoms with van der Waals surface area (Å²) in [6.07, 6.45) is -0.0230. The molecule has 0 saturated carbocycles. The summed E-state index contributed by atoms with van der Waals surface area (Å²) in [5.74, 6) is 0.374. The Bertz CT molecular complexity index is 502. The minimum atomic E-state index is -0.180. The number of hydrogen-bond donors (Lipinski definition) is 0. The molecule has 1 heterocycles. The number of halogens is 2. The van der Waals surface area contributed by atoms with Gasteiger partial charge in [-0.1, -0.05) is 0 Å². The maximum Gasteiger partial charge on any atom is 0.234 e. The van der Waals surface area contributed by atoms with Gasteiger partial charge < -0.3 is 9.64 Å². The van der Waals surface area contributed by atoms with Crippen LogP contribution in [0.2, 0.25) is 0 Å². The predicted molar refractivity (Wildman–Crippen MR) is 70.4 cm³/mol. The van der Waals surface area contributed by atoms with Crippen molar-refractivity contribution in [1.29, 1.82) is 0 Å².